The SMILES string of the molecule is COC(=O)c1cc(C2C[I-]2)cc(N)c1C. The second-order valence-electron chi connectivity index (χ2n) is 3.55. The van der Waals surface area contributed by atoms with Crippen LogP contribution in [0.2, 0.25) is 0 Å². The van der Waals surface area contributed by atoms with Crippen LogP contribution in [0.1, 0.15) is 25.4 Å². The third kappa shape index (κ3) is 2.09. The number of esters is 1. The fourth-order valence-corrected chi connectivity index (χ4v) is 3.12. The minimum atomic E-state index is -0.292. The van der Waals surface area contributed by atoms with Crippen LogP contribution in [0.25, 0.3) is 0 Å². The van der Waals surface area contributed by atoms with Gasteiger partial charge in [-0.3, -0.25) is 0 Å². The number of carbonyl (C=O) groups excluding carboxylic acids is 1. The topological polar surface area (TPSA) is 52.3 Å². The summed E-state index contributed by atoms with van der Waals surface area (Å²) in [7, 11) is 1.40. The van der Waals surface area contributed by atoms with Crippen LogP contribution in [0.15, 0.2) is 12.1 Å². The summed E-state index contributed by atoms with van der Waals surface area (Å²) in [5.41, 5.74) is 9.23. The van der Waals surface area contributed by atoms with Gasteiger partial charge in [0.2, 0.25) is 0 Å². The van der Waals surface area contributed by atoms with Crippen molar-refractivity contribution in [3.05, 3.63) is 28.8 Å². The van der Waals surface area contributed by atoms with Crippen molar-refractivity contribution in [1.29, 1.82) is 0 Å². The van der Waals surface area contributed by atoms with E-state index >= 15 is 0 Å². The normalized spacial score (nSPS) is 19.2. The summed E-state index contributed by atoms with van der Waals surface area (Å²) in [5.74, 6) is -0.292. The van der Waals surface area contributed by atoms with Crippen molar-refractivity contribution in [2.75, 3.05) is 17.3 Å². The van der Waals surface area contributed by atoms with E-state index in [4.69, 9.17) is 10.5 Å². The van der Waals surface area contributed by atoms with Crippen LogP contribution in [0, 0.1) is 6.92 Å². The van der Waals surface area contributed by atoms with Gasteiger partial charge in [0.05, 0.1) is 0 Å². The van der Waals surface area contributed by atoms with E-state index in [1.54, 1.807) is 0 Å². The zero-order chi connectivity index (χ0) is 11.0. The number of carbonyl (C=O) groups is 1. The first-order valence-corrected chi connectivity index (χ1v) is 7.46. The maximum atomic E-state index is 11.5. The number of hydrogen-bond acceptors (Lipinski definition) is 3. The van der Waals surface area contributed by atoms with Gasteiger partial charge in [-0.05, 0) is 0 Å². The Morgan fingerprint density at radius 3 is 2.80 bits per heavy atom. The molecule has 0 amide bonds. The molecule has 3 nitrogen and oxygen atoms in total. The van der Waals surface area contributed by atoms with Crippen LogP contribution in [0.5, 0.6) is 0 Å². The van der Waals surface area contributed by atoms with Gasteiger partial charge in [0.15, 0.2) is 0 Å². The molecule has 2 rings (SSSR count). The average molecular weight is 318 g/mol. The number of hydrogen-bond donors (Lipinski definition) is 1. The van der Waals surface area contributed by atoms with E-state index in [1.807, 2.05) is 19.1 Å². The van der Waals surface area contributed by atoms with E-state index in [-0.39, 0.29) is 5.97 Å². The summed E-state index contributed by atoms with van der Waals surface area (Å²) in [5, 5.41) is 0. The van der Waals surface area contributed by atoms with Gasteiger partial charge in [-0.25, -0.2) is 0 Å². The molecule has 0 spiro atoms. The summed E-state index contributed by atoms with van der Waals surface area (Å²) in [6, 6.07) is 3.94. The molecule has 0 aromatic heterocycles. The molecule has 4 heteroatoms. The Morgan fingerprint density at radius 2 is 2.27 bits per heavy atom. The number of ether oxygens (including phenoxy) is 1. The van der Waals surface area contributed by atoms with Crippen molar-refractivity contribution in [2.45, 2.75) is 10.8 Å². The third-order valence-corrected chi connectivity index (χ3v) is 5.03. The van der Waals surface area contributed by atoms with Crippen molar-refractivity contribution in [3.63, 3.8) is 0 Å². The molecule has 82 valence electrons. The van der Waals surface area contributed by atoms with Gasteiger partial charge < -0.3 is 0 Å². The van der Waals surface area contributed by atoms with Gasteiger partial charge in [-0.1, -0.05) is 0 Å². The van der Waals surface area contributed by atoms with E-state index in [0.29, 0.717) is 36.4 Å². The van der Waals surface area contributed by atoms with Crippen LogP contribution >= 0.6 is 0 Å². The van der Waals surface area contributed by atoms with Crippen molar-refractivity contribution >= 4 is 11.7 Å². The number of halogens is 1. The van der Waals surface area contributed by atoms with E-state index in [0.717, 1.165) is 5.56 Å². The molecule has 2 N–H and O–H groups in total. The Hall–Kier alpha value is -0.780. The van der Waals surface area contributed by atoms with Crippen molar-refractivity contribution in [1.82, 2.24) is 0 Å². The predicted molar refractivity (Wildman–Crippen MR) is 54.5 cm³/mol. The van der Waals surface area contributed by atoms with Gasteiger partial charge in [-0.15, -0.1) is 0 Å². The van der Waals surface area contributed by atoms with Gasteiger partial charge in [-0.2, -0.15) is 0 Å². The monoisotopic (exact) mass is 318 g/mol. The molecule has 1 atom stereocenters. The molecule has 15 heavy (non-hydrogen) atoms. The van der Waals surface area contributed by atoms with Crippen molar-refractivity contribution in [2.24, 2.45) is 0 Å². The number of nitrogen functional groups attached to an aromatic ring is 1. The minimum absolute atomic E-state index is 0.292. The van der Waals surface area contributed by atoms with Crippen LogP contribution in [0.3, 0.4) is 0 Å². The molecule has 1 heterocycles. The Bertz CT molecular complexity index is 413. The van der Waals surface area contributed by atoms with Crippen LogP contribution in [0.4, 0.5) is 5.69 Å². The van der Waals surface area contributed by atoms with E-state index in [9.17, 15) is 4.79 Å². The number of anilines is 1. The van der Waals surface area contributed by atoms with Crippen LogP contribution in [-0.2, 0) is 4.74 Å². The van der Waals surface area contributed by atoms with E-state index in [1.165, 1.54) is 17.1 Å². The van der Waals surface area contributed by atoms with Gasteiger partial charge in [0, 0.05) is 0 Å². The second kappa shape index (κ2) is 4.00. The molecular weight excluding hydrogens is 305 g/mol. The molecule has 1 aromatic carbocycles. The fourth-order valence-electron chi connectivity index (χ4n) is 1.49. The molecule has 0 radical (unpaired) electrons. The van der Waals surface area contributed by atoms with Crippen molar-refractivity contribution < 1.29 is 30.7 Å². The Balaban J connectivity index is 2.46. The Labute approximate surface area is 99.3 Å². The van der Waals surface area contributed by atoms with Crippen LogP contribution in [-0.4, -0.2) is 17.5 Å². The first-order valence-electron chi connectivity index (χ1n) is 4.69. The third-order valence-electron chi connectivity index (χ3n) is 2.55. The van der Waals surface area contributed by atoms with E-state index in [2.05, 4.69) is 0 Å². The standard InChI is InChI=1S/C11H13INO2/c1-6-8(11(14)15-2)3-7(4-10(6)13)9-5-12-9/h3-4,9H,5,13H2,1-2H3/q-1. The summed E-state index contributed by atoms with van der Waals surface area (Å²) < 4.78 is 6.75. The number of nitrogens with two attached hydrogens (primary N) is 1. The second-order valence-corrected chi connectivity index (χ2v) is 6.82. The molecule has 1 fully saturated rings. The number of methoxy groups -OCH3 is 1. The van der Waals surface area contributed by atoms with Gasteiger partial charge in [0.1, 0.15) is 0 Å². The maximum absolute atomic E-state index is 11.5. The zero-order valence-corrected chi connectivity index (χ0v) is 10.9. The fraction of sp³-hybridized carbons (Fsp3) is 0.364. The summed E-state index contributed by atoms with van der Waals surface area (Å²) in [4.78, 5) is 11.5. The molecule has 0 aliphatic carbocycles. The van der Waals surface area contributed by atoms with Gasteiger partial charge in [0.25, 0.3) is 0 Å². The number of alkyl halides is 2. The quantitative estimate of drug-likeness (QED) is 0.313. The number of rotatable bonds is 2. The zero-order valence-electron chi connectivity index (χ0n) is 8.71. The first-order chi connectivity index (χ1) is 7.13. The summed E-state index contributed by atoms with van der Waals surface area (Å²) in [6.45, 7) is 1.85. The summed E-state index contributed by atoms with van der Waals surface area (Å²) in [6.07, 6.45) is 0. The molecule has 1 saturated heterocycles. The average Bonchev–Trinajstić information content (AvgIpc) is 3.04. The van der Waals surface area contributed by atoms with Gasteiger partial charge >= 0.3 is 99.3 Å². The molecule has 1 aliphatic heterocycles. The molecule has 0 bridgehead atoms. The summed E-state index contributed by atoms with van der Waals surface area (Å²) >= 11 is 0.328. The predicted octanol–water partition coefficient (Wildman–Crippen LogP) is -1.49. The first kappa shape index (κ1) is 10.7. The molecule has 1 aromatic rings. The Kier molecular flexibility index (Phi) is 2.86. The van der Waals surface area contributed by atoms with Crippen molar-refractivity contribution in [3.8, 4) is 0 Å². The number of benzene rings is 1. The molecule has 0 saturated carbocycles. The molecule has 1 unspecified atom stereocenters. The molecule has 1 aliphatic rings. The van der Waals surface area contributed by atoms with E-state index < -0.39 is 0 Å². The van der Waals surface area contributed by atoms with Crippen LogP contribution < -0.4 is 26.9 Å². The Morgan fingerprint density at radius 1 is 1.60 bits per heavy atom. The molecular formula is C11H13INO2-.